The largest absolute Gasteiger partial charge is 0.356 e. The maximum atomic E-state index is 13.3. The molecule has 0 saturated carbocycles. The first-order valence-electron chi connectivity index (χ1n) is 5.47. The molecule has 1 aromatic rings. The third-order valence-corrected chi connectivity index (χ3v) is 2.33. The Morgan fingerprint density at radius 1 is 1.28 bits per heavy atom. The number of guanidine groups is 1. The minimum Gasteiger partial charge on any atom is -0.356 e. The monoisotopic (exact) mass is 254 g/mol. The molecule has 0 aliphatic carbocycles. The van der Waals surface area contributed by atoms with Gasteiger partial charge in [0, 0.05) is 13.1 Å². The average Bonchev–Trinajstić information content (AvgIpc) is 2.35. The lowest BCUT2D eigenvalue weighted by Gasteiger charge is -2.15. The van der Waals surface area contributed by atoms with Crippen LogP contribution >= 0.6 is 0 Å². The van der Waals surface area contributed by atoms with E-state index in [9.17, 15) is 13.6 Å². The van der Waals surface area contributed by atoms with Crippen LogP contribution in [-0.2, 0) is 0 Å². The second-order valence-corrected chi connectivity index (χ2v) is 3.69. The lowest BCUT2D eigenvalue weighted by molar-refractivity contribution is 0.255. The Balaban J connectivity index is 2.01. The third kappa shape index (κ3) is 2.93. The van der Waals surface area contributed by atoms with Crippen molar-refractivity contribution in [2.45, 2.75) is 6.42 Å². The van der Waals surface area contributed by atoms with E-state index in [0.29, 0.717) is 19.0 Å². The van der Waals surface area contributed by atoms with Crippen molar-refractivity contribution in [2.24, 2.45) is 4.99 Å². The number of nitrogens with one attached hydrogen (secondary N) is 3. The molecule has 0 saturated heterocycles. The predicted octanol–water partition coefficient (Wildman–Crippen LogP) is 1.44. The summed E-state index contributed by atoms with van der Waals surface area (Å²) in [5.74, 6) is -1.36. The van der Waals surface area contributed by atoms with Crippen molar-refractivity contribution in [1.29, 1.82) is 0 Å². The number of benzene rings is 1. The smallest absolute Gasteiger partial charge is 0.326 e. The second-order valence-electron chi connectivity index (χ2n) is 3.69. The molecule has 18 heavy (non-hydrogen) atoms. The topological polar surface area (TPSA) is 65.5 Å². The van der Waals surface area contributed by atoms with Crippen molar-refractivity contribution in [3.63, 3.8) is 0 Å². The van der Waals surface area contributed by atoms with E-state index in [1.165, 1.54) is 6.07 Å². The van der Waals surface area contributed by atoms with Crippen molar-refractivity contribution in [3.8, 4) is 0 Å². The summed E-state index contributed by atoms with van der Waals surface area (Å²) in [4.78, 5) is 15.5. The predicted molar refractivity (Wildman–Crippen MR) is 63.4 cm³/mol. The van der Waals surface area contributed by atoms with Gasteiger partial charge in [-0.05, 0) is 18.6 Å². The number of hydrogen-bond acceptors (Lipinski definition) is 3. The average molecular weight is 254 g/mol. The van der Waals surface area contributed by atoms with Gasteiger partial charge in [0.1, 0.15) is 17.3 Å². The van der Waals surface area contributed by atoms with Crippen LogP contribution in [0.3, 0.4) is 0 Å². The lowest BCUT2D eigenvalue weighted by atomic mass is 10.3. The van der Waals surface area contributed by atoms with E-state index in [0.717, 1.165) is 18.6 Å². The van der Waals surface area contributed by atoms with Gasteiger partial charge in [-0.2, -0.15) is 0 Å². The van der Waals surface area contributed by atoms with Gasteiger partial charge >= 0.3 is 6.03 Å². The molecule has 1 aliphatic rings. The number of anilines is 1. The summed E-state index contributed by atoms with van der Waals surface area (Å²) < 4.78 is 26.5. The third-order valence-electron chi connectivity index (χ3n) is 2.33. The fourth-order valence-corrected chi connectivity index (χ4v) is 1.49. The Bertz CT molecular complexity index is 470. The molecule has 0 radical (unpaired) electrons. The van der Waals surface area contributed by atoms with Gasteiger partial charge in [-0.25, -0.2) is 13.6 Å². The molecule has 1 aliphatic heterocycles. The molecule has 1 aromatic carbocycles. The number of amides is 2. The summed E-state index contributed by atoms with van der Waals surface area (Å²) in [7, 11) is 0. The molecule has 2 amide bonds. The van der Waals surface area contributed by atoms with Crippen LogP contribution in [0.15, 0.2) is 23.2 Å². The summed E-state index contributed by atoms with van der Waals surface area (Å²) in [5, 5.41) is 7.34. The zero-order chi connectivity index (χ0) is 13.0. The number of carbonyl (C=O) groups excluding carboxylic acids is 1. The second kappa shape index (κ2) is 5.44. The van der Waals surface area contributed by atoms with Gasteiger partial charge in [0.15, 0.2) is 5.96 Å². The minimum atomic E-state index is -0.830. The van der Waals surface area contributed by atoms with Crippen LogP contribution in [0.1, 0.15) is 6.42 Å². The number of urea groups is 1. The van der Waals surface area contributed by atoms with E-state index in [-0.39, 0.29) is 0 Å². The zero-order valence-electron chi connectivity index (χ0n) is 9.46. The molecule has 0 unspecified atom stereocenters. The molecule has 0 aromatic heterocycles. The molecule has 0 bridgehead atoms. The van der Waals surface area contributed by atoms with E-state index < -0.39 is 23.4 Å². The Labute approximate surface area is 102 Å². The molecule has 0 atom stereocenters. The number of para-hydroxylation sites is 1. The number of nitrogens with zero attached hydrogens (tertiary/aromatic N) is 1. The Hall–Kier alpha value is -2.18. The highest BCUT2D eigenvalue weighted by Gasteiger charge is 2.13. The Morgan fingerprint density at radius 2 is 2.00 bits per heavy atom. The van der Waals surface area contributed by atoms with Gasteiger partial charge in [0.2, 0.25) is 0 Å². The van der Waals surface area contributed by atoms with Gasteiger partial charge < -0.3 is 10.6 Å². The molecule has 0 spiro atoms. The molecular weight excluding hydrogens is 242 g/mol. The van der Waals surface area contributed by atoms with Crippen LogP contribution in [0.4, 0.5) is 19.3 Å². The molecular formula is C11H12F2N4O. The van der Waals surface area contributed by atoms with Crippen molar-refractivity contribution >= 4 is 17.7 Å². The van der Waals surface area contributed by atoms with Gasteiger partial charge in [-0.3, -0.25) is 10.3 Å². The van der Waals surface area contributed by atoms with Crippen LogP contribution in [0.5, 0.6) is 0 Å². The van der Waals surface area contributed by atoms with Crippen molar-refractivity contribution in [2.75, 3.05) is 18.4 Å². The maximum absolute atomic E-state index is 13.3. The van der Waals surface area contributed by atoms with E-state index in [4.69, 9.17) is 0 Å². The van der Waals surface area contributed by atoms with Crippen molar-refractivity contribution in [3.05, 3.63) is 29.8 Å². The maximum Gasteiger partial charge on any atom is 0.326 e. The van der Waals surface area contributed by atoms with Gasteiger partial charge in [-0.1, -0.05) is 6.07 Å². The lowest BCUT2D eigenvalue weighted by Crippen LogP contribution is -2.45. The molecule has 0 fully saturated rings. The standard InChI is InChI=1S/C11H12F2N4O/c12-7-3-1-4-8(13)9(7)16-11(18)17-10-14-5-2-6-15-10/h1,3-4H,2,5-6H2,(H3,14,15,16,17,18). The minimum absolute atomic E-state index is 0.301. The molecule has 2 rings (SSSR count). The normalized spacial score (nSPS) is 14.4. The first-order valence-corrected chi connectivity index (χ1v) is 5.47. The van der Waals surface area contributed by atoms with Crippen LogP contribution < -0.4 is 16.0 Å². The van der Waals surface area contributed by atoms with Crippen molar-refractivity contribution in [1.82, 2.24) is 10.6 Å². The summed E-state index contributed by atoms with van der Waals surface area (Å²) in [6, 6.07) is 2.61. The summed E-state index contributed by atoms with van der Waals surface area (Å²) in [5.41, 5.74) is -0.480. The van der Waals surface area contributed by atoms with E-state index in [1.807, 2.05) is 0 Å². The summed E-state index contributed by atoms with van der Waals surface area (Å²) in [6.45, 7) is 1.31. The van der Waals surface area contributed by atoms with Crippen LogP contribution in [-0.4, -0.2) is 25.1 Å². The highest BCUT2D eigenvalue weighted by molar-refractivity contribution is 6.02. The highest BCUT2D eigenvalue weighted by Crippen LogP contribution is 2.17. The van der Waals surface area contributed by atoms with Crippen LogP contribution in [0.25, 0.3) is 0 Å². The molecule has 96 valence electrons. The number of carbonyl (C=O) groups is 1. The first-order chi connectivity index (χ1) is 8.66. The van der Waals surface area contributed by atoms with Gasteiger partial charge in [-0.15, -0.1) is 0 Å². The van der Waals surface area contributed by atoms with Crippen molar-refractivity contribution < 1.29 is 13.6 Å². The van der Waals surface area contributed by atoms with Gasteiger partial charge in [0.05, 0.1) is 0 Å². The molecule has 3 N–H and O–H groups in total. The van der Waals surface area contributed by atoms with Crippen LogP contribution in [0, 0.1) is 11.6 Å². The molecule has 1 heterocycles. The SMILES string of the molecule is O=C(NC1=NCCCN1)Nc1c(F)cccc1F. The zero-order valence-corrected chi connectivity index (χ0v) is 9.46. The number of aliphatic imine (C=N–C) groups is 1. The number of hydrogen-bond donors (Lipinski definition) is 3. The van der Waals surface area contributed by atoms with Crippen LogP contribution in [0.2, 0.25) is 0 Å². The number of rotatable bonds is 1. The van der Waals surface area contributed by atoms with Gasteiger partial charge in [0.25, 0.3) is 0 Å². The van der Waals surface area contributed by atoms with E-state index >= 15 is 0 Å². The van der Waals surface area contributed by atoms with E-state index in [1.54, 1.807) is 0 Å². The molecule has 7 heteroatoms. The summed E-state index contributed by atoms with van der Waals surface area (Å²) in [6.07, 6.45) is 0.884. The highest BCUT2D eigenvalue weighted by atomic mass is 19.1. The molecule has 5 nitrogen and oxygen atoms in total. The Kier molecular flexibility index (Phi) is 3.71. The Morgan fingerprint density at radius 3 is 2.61 bits per heavy atom. The fourth-order valence-electron chi connectivity index (χ4n) is 1.49. The fraction of sp³-hybridized carbons (Fsp3) is 0.273. The number of halogens is 2. The quantitative estimate of drug-likeness (QED) is 0.710. The van der Waals surface area contributed by atoms with E-state index in [2.05, 4.69) is 20.9 Å². The first kappa shape index (κ1) is 12.3. The summed E-state index contributed by atoms with van der Waals surface area (Å²) >= 11 is 0.